The molecule has 0 aliphatic rings. The number of halogens is 1. The molecular weight excluding hydrogens is 280 g/mol. The third-order valence-corrected chi connectivity index (χ3v) is 3.06. The van der Waals surface area contributed by atoms with Crippen LogP contribution in [0.1, 0.15) is 24.2 Å². The van der Waals surface area contributed by atoms with Crippen LogP contribution >= 0.6 is 23.8 Å². The summed E-state index contributed by atoms with van der Waals surface area (Å²) in [6, 6.07) is 7.64. The van der Waals surface area contributed by atoms with Gasteiger partial charge in [-0.25, -0.2) is 9.97 Å². The average molecular weight is 293 g/mol. The van der Waals surface area contributed by atoms with E-state index in [1.54, 1.807) is 12.4 Å². The van der Waals surface area contributed by atoms with Crippen LogP contribution in [0.3, 0.4) is 0 Å². The molecule has 1 aromatic heterocycles. The highest BCUT2D eigenvalue weighted by Crippen LogP contribution is 2.21. The van der Waals surface area contributed by atoms with E-state index in [1.165, 1.54) is 0 Å². The summed E-state index contributed by atoms with van der Waals surface area (Å²) in [5, 5.41) is 3.93. The van der Waals surface area contributed by atoms with Gasteiger partial charge in [0.1, 0.15) is 10.7 Å². The van der Waals surface area contributed by atoms with Gasteiger partial charge < -0.3 is 11.1 Å². The summed E-state index contributed by atoms with van der Waals surface area (Å²) in [6.45, 7) is 2.00. The predicted octanol–water partition coefficient (Wildman–Crippen LogP) is 2.94. The maximum Gasteiger partial charge on any atom is 0.155 e. The number of thiocarbonyl (C=S) groups is 1. The minimum Gasteiger partial charge on any atom is -0.388 e. The van der Waals surface area contributed by atoms with Gasteiger partial charge in [0.2, 0.25) is 0 Å². The topological polar surface area (TPSA) is 63.8 Å². The highest BCUT2D eigenvalue weighted by molar-refractivity contribution is 7.80. The van der Waals surface area contributed by atoms with Crippen molar-refractivity contribution in [2.45, 2.75) is 13.0 Å². The first-order valence-electron chi connectivity index (χ1n) is 5.70. The summed E-state index contributed by atoms with van der Waals surface area (Å²) >= 11 is 10.9. The number of aromatic nitrogens is 2. The highest BCUT2D eigenvalue weighted by Gasteiger charge is 2.12. The summed E-state index contributed by atoms with van der Waals surface area (Å²) in [5.74, 6) is 0.572. The minimum atomic E-state index is 0.0171. The molecule has 0 saturated carbocycles. The first-order chi connectivity index (χ1) is 9.08. The molecule has 0 bridgehead atoms. The fourth-order valence-electron chi connectivity index (χ4n) is 1.69. The molecular formula is C13H13ClN4S. The zero-order valence-electron chi connectivity index (χ0n) is 10.3. The van der Waals surface area contributed by atoms with E-state index in [0.29, 0.717) is 16.5 Å². The molecule has 0 fully saturated rings. The van der Waals surface area contributed by atoms with E-state index >= 15 is 0 Å². The van der Waals surface area contributed by atoms with Gasteiger partial charge in [0.25, 0.3) is 0 Å². The van der Waals surface area contributed by atoms with Crippen LogP contribution in [0.4, 0.5) is 5.82 Å². The summed E-state index contributed by atoms with van der Waals surface area (Å²) in [4.78, 5) is 8.56. The van der Waals surface area contributed by atoms with Crippen molar-refractivity contribution in [1.82, 2.24) is 9.97 Å². The Balaban J connectivity index is 2.24. The molecule has 0 radical (unpaired) electrons. The molecule has 1 aromatic carbocycles. The molecule has 4 nitrogen and oxygen atoms in total. The number of nitrogens with one attached hydrogen (secondary N) is 1. The van der Waals surface area contributed by atoms with Crippen LogP contribution < -0.4 is 11.1 Å². The fraction of sp³-hybridized carbons (Fsp3) is 0.154. The number of nitrogens with zero attached hydrogens (tertiary/aromatic N) is 2. The Morgan fingerprint density at radius 2 is 2.11 bits per heavy atom. The van der Waals surface area contributed by atoms with E-state index in [9.17, 15) is 0 Å². The Bertz CT molecular complexity index is 603. The Labute approximate surface area is 122 Å². The molecule has 2 rings (SSSR count). The molecule has 1 atom stereocenters. The Morgan fingerprint density at radius 1 is 1.37 bits per heavy atom. The summed E-state index contributed by atoms with van der Waals surface area (Å²) in [6.07, 6.45) is 3.15. The Hall–Kier alpha value is -1.72. The molecule has 0 amide bonds. The van der Waals surface area contributed by atoms with Gasteiger partial charge in [0.05, 0.1) is 6.04 Å². The van der Waals surface area contributed by atoms with Gasteiger partial charge in [-0.1, -0.05) is 36.0 Å². The third-order valence-electron chi connectivity index (χ3n) is 2.63. The van der Waals surface area contributed by atoms with E-state index in [1.807, 2.05) is 31.2 Å². The van der Waals surface area contributed by atoms with Crippen molar-refractivity contribution in [1.29, 1.82) is 0 Å². The van der Waals surface area contributed by atoms with Crippen LogP contribution in [-0.2, 0) is 0 Å². The molecule has 1 heterocycles. The molecule has 0 spiro atoms. The monoisotopic (exact) mass is 292 g/mol. The van der Waals surface area contributed by atoms with Crippen molar-refractivity contribution in [3.63, 3.8) is 0 Å². The minimum absolute atomic E-state index is 0.0171. The molecule has 98 valence electrons. The van der Waals surface area contributed by atoms with E-state index < -0.39 is 0 Å². The van der Waals surface area contributed by atoms with Gasteiger partial charge in [-0.05, 0) is 24.6 Å². The van der Waals surface area contributed by atoms with Crippen LogP contribution in [0.15, 0.2) is 36.7 Å². The molecule has 3 N–H and O–H groups in total. The molecule has 0 aliphatic carbocycles. The number of hydrogen-bond donors (Lipinski definition) is 2. The van der Waals surface area contributed by atoms with Gasteiger partial charge >= 0.3 is 0 Å². The summed E-state index contributed by atoms with van der Waals surface area (Å²) < 4.78 is 0. The number of rotatable bonds is 4. The zero-order valence-corrected chi connectivity index (χ0v) is 11.9. The Kier molecular flexibility index (Phi) is 4.29. The molecule has 6 heteroatoms. The van der Waals surface area contributed by atoms with Crippen molar-refractivity contribution in [2.24, 2.45) is 5.73 Å². The SMILES string of the molecule is CC(Nc1nccnc1C(N)=S)c1cccc(Cl)c1. The number of hydrogen-bond acceptors (Lipinski definition) is 4. The lowest BCUT2D eigenvalue weighted by Crippen LogP contribution is -2.17. The lowest BCUT2D eigenvalue weighted by molar-refractivity contribution is 0.870. The van der Waals surface area contributed by atoms with Crippen molar-refractivity contribution in [2.75, 3.05) is 5.32 Å². The van der Waals surface area contributed by atoms with Gasteiger partial charge in [-0.2, -0.15) is 0 Å². The van der Waals surface area contributed by atoms with Gasteiger partial charge in [-0.15, -0.1) is 0 Å². The van der Waals surface area contributed by atoms with Crippen LogP contribution in [0.5, 0.6) is 0 Å². The predicted molar refractivity (Wildman–Crippen MR) is 81.4 cm³/mol. The van der Waals surface area contributed by atoms with Crippen LogP contribution in [0.2, 0.25) is 5.02 Å². The lowest BCUT2D eigenvalue weighted by atomic mass is 10.1. The second-order valence-electron chi connectivity index (χ2n) is 4.04. The zero-order chi connectivity index (χ0) is 13.8. The van der Waals surface area contributed by atoms with Gasteiger partial charge in [0, 0.05) is 17.4 Å². The molecule has 19 heavy (non-hydrogen) atoms. The van der Waals surface area contributed by atoms with Crippen molar-refractivity contribution in [3.8, 4) is 0 Å². The first kappa shape index (κ1) is 13.7. The molecule has 2 aromatic rings. The lowest BCUT2D eigenvalue weighted by Gasteiger charge is -2.16. The van der Waals surface area contributed by atoms with Gasteiger partial charge in [0.15, 0.2) is 5.82 Å². The number of nitrogens with two attached hydrogens (primary N) is 1. The van der Waals surface area contributed by atoms with E-state index in [2.05, 4.69) is 15.3 Å². The van der Waals surface area contributed by atoms with Crippen LogP contribution in [-0.4, -0.2) is 15.0 Å². The first-order valence-corrected chi connectivity index (χ1v) is 6.49. The second-order valence-corrected chi connectivity index (χ2v) is 4.92. The maximum absolute atomic E-state index is 5.98. The second kappa shape index (κ2) is 5.95. The number of benzene rings is 1. The van der Waals surface area contributed by atoms with E-state index in [-0.39, 0.29) is 11.0 Å². The van der Waals surface area contributed by atoms with Crippen molar-refractivity contribution < 1.29 is 0 Å². The smallest absolute Gasteiger partial charge is 0.155 e. The normalized spacial score (nSPS) is 11.9. The quantitative estimate of drug-likeness (QED) is 0.848. The van der Waals surface area contributed by atoms with Crippen molar-refractivity contribution >= 4 is 34.6 Å². The van der Waals surface area contributed by atoms with Crippen LogP contribution in [0.25, 0.3) is 0 Å². The molecule has 0 aliphatic heterocycles. The molecule has 1 unspecified atom stereocenters. The Morgan fingerprint density at radius 3 is 2.79 bits per heavy atom. The summed E-state index contributed by atoms with van der Waals surface area (Å²) in [7, 11) is 0. The van der Waals surface area contributed by atoms with E-state index in [4.69, 9.17) is 29.6 Å². The van der Waals surface area contributed by atoms with Crippen molar-refractivity contribution in [3.05, 3.63) is 52.9 Å². The van der Waals surface area contributed by atoms with Crippen LogP contribution in [0, 0.1) is 0 Å². The molecule has 0 saturated heterocycles. The highest BCUT2D eigenvalue weighted by atomic mass is 35.5. The maximum atomic E-state index is 5.98. The number of anilines is 1. The fourth-order valence-corrected chi connectivity index (χ4v) is 2.04. The largest absolute Gasteiger partial charge is 0.388 e. The third kappa shape index (κ3) is 3.39. The standard InChI is InChI=1S/C13H13ClN4S/c1-8(9-3-2-4-10(14)7-9)18-13-11(12(15)19)16-5-6-17-13/h2-8H,1H3,(H2,15,19)(H,17,18). The average Bonchev–Trinajstić information content (AvgIpc) is 2.39. The van der Waals surface area contributed by atoms with E-state index in [0.717, 1.165) is 5.56 Å². The van der Waals surface area contributed by atoms with Gasteiger partial charge in [-0.3, -0.25) is 0 Å². The summed E-state index contributed by atoms with van der Waals surface area (Å²) in [5.41, 5.74) is 7.16.